The Morgan fingerprint density at radius 3 is 2.89 bits per heavy atom. The maximum atomic E-state index is 14.3. The van der Waals surface area contributed by atoms with E-state index < -0.39 is 39.5 Å². The lowest BCUT2D eigenvalue weighted by Gasteiger charge is -2.30. The Labute approximate surface area is 212 Å². The van der Waals surface area contributed by atoms with Crippen molar-refractivity contribution in [3.05, 3.63) is 60.2 Å². The highest BCUT2D eigenvalue weighted by molar-refractivity contribution is 7.92. The van der Waals surface area contributed by atoms with Gasteiger partial charge >= 0.3 is 0 Å². The Balaban J connectivity index is 1.51. The van der Waals surface area contributed by atoms with E-state index in [1.807, 2.05) is 0 Å². The molecular weight excluding hydrogens is 511 g/mol. The Morgan fingerprint density at radius 2 is 2.14 bits per heavy atom. The van der Waals surface area contributed by atoms with Crippen molar-refractivity contribution >= 4 is 49.4 Å². The molecule has 0 saturated carbocycles. The van der Waals surface area contributed by atoms with E-state index in [0.29, 0.717) is 33.1 Å². The van der Waals surface area contributed by atoms with Crippen molar-refractivity contribution in [3.8, 4) is 5.75 Å². The first-order chi connectivity index (χ1) is 17.1. The summed E-state index contributed by atoms with van der Waals surface area (Å²) < 4.78 is 48.3. The first-order valence-corrected chi connectivity index (χ1v) is 13.7. The van der Waals surface area contributed by atoms with Crippen LogP contribution >= 0.6 is 11.6 Å². The number of hydrogen-bond donors (Lipinski definition) is 2. The number of benzene rings is 2. The fourth-order valence-electron chi connectivity index (χ4n) is 4.48. The molecular formula is C24H24ClFN4O5S. The van der Waals surface area contributed by atoms with Gasteiger partial charge < -0.3 is 24.6 Å². The zero-order chi connectivity index (χ0) is 25.7. The molecule has 5 rings (SSSR count). The van der Waals surface area contributed by atoms with Crippen molar-refractivity contribution in [1.82, 2.24) is 9.97 Å². The van der Waals surface area contributed by atoms with Gasteiger partial charge in [-0.05, 0) is 24.3 Å². The van der Waals surface area contributed by atoms with Gasteiger partial charge in [0.2, 0.25) is 0 Å². The Hall–Kier alpha value is -2.83. The fourth-order valence-corrected chi connectivity index (χ4v) is 5.39. The van der Waals surface area contributed by atoms with Crippen LogP contribution in [0.1, 0.15) is 0 Å². The lowest BCUT2D eigenvalue weighted by atomic mass is 9.92. The molecule has 3 aromatic rings. The molecule has 0 radical (unpaired) electrons. The minimum absolute atomic E-state index is 0.0789. The molecule has 190 valence electrons. The molecule has 36 heavy (non-hydrogen) atoms. The van der Waals surface area contributed by atoms with Crippen molar-refractivity contribution in [2.75, 3.05) is 31.0 Å². The molecule has 2 aliphatic rings. The standard InChI is InChI=1S/C24H24ClFN4O5S/c1-4-24-20(11-33-22(24)18(31)10-34-24)35-19-7-13(26)5-6-16(19)29-23-21-15(25)8-14(30-36(2,3)32)9-17(21)27-12-28-23/h4-9,12,18,20,22,31H,1,10-11H2,2-3H3,(H,27,28,29)/t18-,20+,22?,24?/m0/s1. The molecule has 0 aliphatic carbocycles. The molecule has 2 saturated heterocycles. The summed E-state index contributed by atoms with van der Waals surface area (Å²) in [5, 5.41) is 14.2. The number of nitrogens with zero attached hydrogens (tertiary/aromatic N) is 3. The summed E-state index contributed by atoms with van der Waals surface area (Å²) in [6.45, 7) is 4.04. The van der Waals surface area contributed by atoms with Gasteiger partial charge in [-0.2, -0.15) is 4.36 Å². The monoisotopic (exact) mass is 534 g/mol. The van der Waals surface area contributed by atoms with Crippen molar-refractivity contribution in [1.29, 1.82) is 0 Å². The zero-order valence-corrected chi connectivity index (χ0v) is 21.1. The van der Waals surface area contributed by atoms with Crippen LogP contribution in [0, 0.1) is 5.82 Å². The van der Waals surface area contributed by atoms with Crippen LogP contribution in [-0.4, -0.2) is 68.9 Å². The van der Waals surface area contributed by atoms with Gasteiger partial charge in [-0.25, -0.2) is 18.6 Å². The smallest absolute Gasteiger partial charge is 0.157 e. The summed E-state index contributed by atoms with van der Waals surface area (Å²) in [5.41, 5.74) is 0.262. The number of hydrogen-bond acceptors (Lipinski definition) is 9. The largest absolute Gasteiger partial charge is 0.482 e. The Bertz CT molecular complexity index is 1470. The second-order valence-electron chi connectivity index (χ2n) is 8.88. The number of nitrogens with one attached hydrogen (secondary N) is 1. The Kier molecular flexibility index (Phi) is 6.38. The number of fused-ring (bicyclic) bond motifs is 2. The van der Waals surface area contributed by atoms with Gasteiger partial charge in [0.25, 0.3) is 0 Å². The quantitative estimate of drug-likeness (QED) is 0.456. The Morgan fingerprint density at radius 1 is 1.33 bits per heavy atom. The van der Waals surface area contributed by atoms with Gasteiger partial charge in [-0.1, -0.05) is 24.3 Å². The molecule has 0 bridgehead atoms. The summed E-state index contributed by atoms with van der Waals surface area (Å²) in [5.74, 6) is 0.0283. The fraction of sp³-hybridized carbons (Fsp3) is 0.333. The SMILES string of the molecule is C=CC12OC[C@H](O)C1OC[C@H]2Oc1cc(F)ccc1Nc1ncnc2cc(N=S(C)(C)=O)cc(Cl)c12. The lowest BCUT2D eigenvalue weighted by Crippen LogP contribution is -2.47. The van der Waals surface area contributed by atoms with Crippen LogP contribution in [0.25, 0.3) is 10.9 Å². The van der Waals surface area contributed by atoms with Crippen molar-refractivity contribution in [2.24, 2.45) is 4.36 Å². The minimum Gasteiger partial charge on any atom is -0.482 e. The van der Waals surface area contributed by atoms with Crippen LogP contribution in [-0.2, 0) is 19.2 Å². The van der Waals surface area contributed by atoms with Crippen LogP contribution in [0.15, 0.2) is 53.7 Å². The summed E-state index contributed by atoms with van der Waals surface area (Å²) in [6.07, 6.45) is 3.84. The van der Waals surface area contributed by atoms with Crippen LogP contribution in [0.3, 0.4) is 0 Å². The maximum absolute atomic E-state index is 14.3. The number of anilines is 2. The second kappa shape index (κ2) is 9.24. The van der Waals surface area contributed by atoms with Crippen LogP contribution in [0.5, 0.6) is 5.75 Å². The molecule has 3 heterocycles. The maximum Gasteiger partial charge on any atom is 0.157 e. The van der Waals surface area contributed by atoms with E-state index in [4.69, 9.17) is 25.8 Å². The van der Waals surface area contributed by atoms with Crippen molar-refractivity contribution < 1.29 is 27.9 Å². The highest BCUT2D eigenvalue weighted by Crippen LogP contribution is 2.42. The molecule has 2 fully saturated rings. The van der Waals surface area contributed by atoms with Gasteiger partial charge in [-0.3, -0.25) is 0 Å². The van der Waals surface area contributed by atoms with E-state index in [1.165, 1.54) is 37.0 Å². The lowest BCUT2D eigenvalue weighted by molar-refractivity contribution is -0.0299. The minimum atomic E-state index is -2.40. The van der Waals surface area contributed by atoms with E-state index in [0.717, 1.165) is 0 Å². The number of aliphatic hydroxyl groups is 1. The number of ether oxygens (including phenoxy) is 3. The molecule has 2 N–H and O–H groups in total. The van der Waals surface area contributed by atoms with Gasteiger partial charge in [0, 0.05) is 28.3 Å². The van der Waals surface area contributed by atoms with E-state index in [-0.39, 0.29) is 19.0 Å². The topological polar surface area (TPSA) is 115 Å². The van der Waals surface area contributed by atoms with E-state index in [9.17, 15) is 13.7 Å². The molecule has 12 heteroatoms. The third-order valence-electron chi connectivity index (χ3n) is 6.01. The summed E-state index contributed by atoms with van der Waals surface area (Å²) in [4.78, 5) is 8.58. The number of aliphatic hydroxyl groups excluding tert-OH is 1. The average Bonchev–Trinajstić information content (AvgIpc) is 3.32. The molecule has 1 aromatic heterocycles. The highest BCUT2D eigenvalue weighted by Gasteiger charge is 2.59. The van der Waals surface area contributed by atoms with Crippen LogP contribution in [0.2, 0.25) is 5.02 Å². The molecule has 2 aliphatic heterocycles. The van der Waals surface area contributed by atoms with Gasteiger partial charge in [0.05, 0.1) is 40.5 Å². The number of halogens is 2. The zero-order valence-electron chi connectivity index (χ0n) is 19.5. The average molecular weight is 535 g/mol. The van der Waals surface area contributed by atoms with Gasteiger partial charge in [-0.15, -0.1) is 0 Å². The summed E-state index contributed by atoms with van der Waals surface area (Å²) in [7, 11) is -2.40. The van der Waals surface area contributed by atoms with Crippen molar-refractivity contribution in [2.45, 2.75) is 23.9 Å². The normalized spacial score (nSPS) is 25.5. The predicted octanol–water partition coefficient (Wildman–Crippen LogP) is 3.99. The predicted molar refractivity (Wildman–Crippen MR) is 135 cm³/mol. The van der Waals surface area contributed by atoms with Crippen molar-refractivity contribution in [3.63, 3.8) is 0 Å². The third-order valence-corrected chi connectivity index (χ3v) is 6.96. The molecule has 0 amide bonds. The van der Waals surface area contributed by atoms with E-state index in [2.05, 4.69) is 26.2 Å². The van der Waals surface area contributed by atoms with Crippen LogP contribution < -0.4 is 10.1 Å². The molecule has 2 unspecified atom stereocenters. The summed E-state index contributed by atoms with van der Waals surface area (Å²) in [6, 6.07) is 7.27. The summed E-state index contributed by atoms with van der Waals surface area (Å²) >= 11 is 6.54. The number of rotatable bonds is 6. The molecule has 4 atom stereocenters. The highest BCUT2D eigenvalue weighted by atomic mass is 35.5. The van der Waals surface area contributed by atoms with Crippen LogP contribution in [0.4, 0.5) is 21.6 Å². The first kappa shape index (κ1) is 24.8. The van der Waals surface area contributed by atoms with Gasteiger partial charge in [0.1, 0.15) is 35.9 Å². The molecule has 9 nitrogen and oxygen atoms in total. The third kappa shape index (κ3) is 4.53. The van der Waals surface area contributed by atoms with E-state index >= 15 is 0 Å². The van der Waals surface area contributed by atoms with Gasteiger partial charge in [0.15, 0.2) is 11.7 Å². The number of aromatic nitrogens is 2. The molecule has 0 spiro atoms. The van der Waals surface area contributed by atoms with E-state index in [1.54, 1.807) is 18.2 Å². The second-order valence-corrected chi connectivity index (χ2v) is 11.8. The molecule has 2 aromatic carbocycles. The first-order valence-electron chi connectivity index (χ1n) is 11.0.